The number of benzene rings is 1. The topological polar surface area (TPSA) is 47.3 Å². The van der Waals surface area contributed by atoms with Crippen molar-refractivity contribution in [3.05, 3.63) is 52.8 Å². The van der Waals surface area contributed by atoms with Crippen LogP contribution in [0.2, 0.25) is 0 Å². The van der Waals surface area contributed by atoms with Gasteiger partial charge in [-0.25, -0.2) is 9.50 Å². The van der Waals surface area contributed by atoms with Crippen LogP contribution in [0.3, 0.4) is 0 Å². The Morgan fingerprint density at radius 3 is 2.55 bits per heavy atom. The zero-order valence-electron chi connectivity index (χ0n) is 11.7. The van der Waals surface area contributed by atoms with Crippen LogP contribution in [0.1, 0.15) is 27.2 Å². The van der Waals surface area contributed by atoms with E-state index in [0.29, 0.717) is 11.3 Å². The second kappa shape index (κ2) is 4.56. The zero-order valence-corrected chi connectivity index (χ0v) is 11.7. The third-order valence-electron chi connectivity index (χ3n) is 3.63. The van der Waals surface area contributed by atoms with Gasteiger partial charge in [-0.3, -0.25) is 4.79 Å². The molecule has 4 heteroatoms. The molecule has 0 aliphatic rings. The van der Waals surface area contributed by atoms with Crippen molar-refractivity contribution in [2.45, 2.75) is 20.8 Å². The van der Waals surface area contributed by atoms with Gasteiger partial charge in [-0.2, -0.15) is 5.10 Å². The first-order valence-corrected chi connectivity index (χ1v) is 6.48. The molecular weight excluding hydrogens is 250 g/mol. The number of carbonyl (C=O) groups is 1. The minimum absolute atomic E-state index is 0.461. The summed E-state index contributed by atoms with van der Waals surface area (Å²) >= 11 is 0. The second-order valence-corrected chi connectivity index (χ2v) is 5.04. The zero-order chi connectivity index (χ0) is 14.3. The fourth-order valence-corrected chi connectivity index (χ4v) is 2.35. The molecule has 2 aromatic heterocycles. The molecule has 0 aliphatic heterocycles. The molecule has 0 radical (unpaired) electrons. The maximum atomic E-state index is 11.0. The van der Waals surface area contributed by atoms with Gasteiger partial charge >= 0.3 is 0 Å². The number of fused-ring (bicyclic) bond motifs is 1. The highest BCUT2D eigenvalue weighted by Gasteiger charge is 2.09. The molecule has 0 unspecified atom stereocenters. The van der Waals surface area contributed by atoms with E-state index in [-0.39, 0.29) is 0 Å². The lowest BCUT2D eigenvalue weighted by molar-refractivity contribution is 0.111. The molecule has 3 rings (SSSR count). The van der Waals surface area contributed by atoms with Crippen LogP contribution in [0, 0.1) is 20.8 Å². The van der Waals surface area contributed by atoms with Crippen molar-refractivity contribution in [2.75, 3.05) is 0 Å². The number of imidazole rings is 1. The predicted molar refractivity (Wildman–Crippen MR) is 78.0 cm³/mol. The quantitative estimate of drug-likeness (QED) is 0.669. The first-order chi connectivity index (χ1) is 9.60. The summed E-state index contributed by atoms with van der Waals surface area (Å²) in [6, 6.07) is 8.11. The van der Waals surface area contributed by atoms with E-state index in [4.69, 9.17) is 0 Å². The molecular formula is C16H15N3O. The van der Waals surface area contributed by atoms with Crippen molar-refractivity contribution in [3.8, 4) is 11.3 Å². The van der Waals surface area contributed by atoms with Gasteiger partial charge < -0.3 is 0 Å². The summed E-state index contributed by atoms with van der Waals surface area (Å²) in [7, 11) is 0. The normalized spacial score (nSPS) is 10.9. The Labute approximate surface area is 117 Å². The first kappa shape index (κ1) is 12.5. The van der Waals surface area contributed by atoms with Gasteiger partial charge in [-0.15, -0.1) is 0 Å². The number of carbonyl (C=O) groups excluding carboxylic acids is 1. The van der Waals surface area contributed by atoms with E-state index in [9.17, 15) is 4.79 Å². The van der Waals surface area contributed by atoms with E-state index >= 15 is 0 Å². The van der Waals surface area contributed by atoms with Crippen LogP contribution in [0.5, 0.6) is 0 Å². The van der Waals surface area contributed by atoms with Crippen LogP contribution in [-0.2, 0) is 0 Å². The summed E-state index contributed by atoms with van der Waals surface area (Å²) in [6.07, 6.45) is 2.30. The second-order valence-electron chi connectivity index (χ2n) is 5.04. The van der Waals surface area contributed by atoms with Crippen molar-refractivity contribution in [1.29, 1.82) is 0 Å². The van der Waals surface area contributed by atoms with Gasteiger partial charge in [-0.05, 0) is 55.7 Å². The van der Waals surface area contributed by atoms with Crippen molar-refractivity contribution in [3.63, 3.8) is 0 Å². The van der Waals surface area contributed by atoms with Gasteiger partial charge in [-0.1, -0.05) is 6.07 Å². The van der Waals surface area contributed by atoms with E-state index in [0.717, 1.165) is 17.5 Å². The number of rotatable bonds is 2. The van der Waals surface area contributed by atoms with Crippen LogP contribution in [0.4, 0.5) is 0 Å². The highest BCUT2D eigenvalue weighted by Crippen LogP contribution is 2.25. The molecule has 0 saturated carbocycles. The Kier molecular flexibility index (Phi) is 2.86. The highest BCUT2D eigenvalue weighted by molar-refractivity contribution is 5.74. The van der Waals surface area contributed by atoms with Crippen LogP contribution in [0.25, 0.3) is 16.9 Å². The lowest BCUT2D eigenvalue weighted by Gasteiger charge is -2.09. The maximum Gasteiger partial charge on any atom is 0.170 e. The summed E-state index contributed by atoms with van der Waals surface area (Å²) in [6.45, 7) is 6.26. The monoisotopic (exact) mass is 265 g/mol. The minimum atomic E-state index is 0.461. The third-order valence-corrected chi connectivity index (χ3v) is 3.63. The maximum absolute atomic E-state index is 11.0. The van der Waals surface area contributed by atoms with E-state index < -0.39 is 0 Å². The molecule has 0 spiro atoms. The average Bonchev–Trinajstić information content (AvgIpc) is 2.85. The first-order valence-electron chi connectivity index (χ1n) is 6.48. The molecule has 100 valence electrons. The van der Waals surface area contributed by atoms with Gasteiger partial charge in [0.15, 0.2) is 11.9 Å². The Balaban J connectivity index is 2.24. The Hall–Kier alpha value is -2.49. The Bertz CT molecular complexity index is 818. The van der Waals surface area contributed by atoms with Gasteiger partial charge in [0.1, 0.15) is 5.69 Å². The van der Waals surface area contributed by atoms with Crippen LogP contribution >= 0.6 is 0 Å². The fourth-order valence-electron chi connectivity index (χ4n) is 2.35. The van der Waals surface area contributed by atoms with E-state index in [1.165, 1.54) is 22.9 Å². The lowest BCUT2D eigenvalue weighted by Crippen LogP contribution is -1.99. The van der Waals surface area contributed by atoms with Crippen LogP contribution in [0.15, 0.2) is 30.5 Å². The van der Waals surface area contributed by atoms with Gasteiger partial charge in [0.25, 0.3) is 0 Å². The SMILES string of the molecule is Cc1cc(C)c(-c2ccc3ncc(C=O)n3n2)cc1C. The van der Waals surface area contributed by atoms with E-state index in [1.807, 2.05) is 12.1 Å². The molecule has 1 aromatic carbocycles. The molecule has 3 aromatic rings. The van der Waals surface area contributed by atoms with Crippen molar-refractivity contribution in [1.82, 2.24) is 14.6 Å². The molecule has 0 fully saturated rings. The predicted octanol–water partition coefficient (Wildman–Crippen LogP) is 3.13. The van der Waals surface area contributed by atoms with Crippen molar-refractivity contribution in [2.24, 2.45) is 0 Å². The summed E-state index contributed by atoms with van der Waals surface area (Å²) < 4.78 is 1.58. The summed E-state index contributed by atoms with van der Waals surface area (Å²) in [5, 5.41) is 4.53. The molecule has 0 atom stereocenters. The number of nitrogens with zero attached hydrogens (tertiary/aromatic N) is 3. The number of hydrogen-bond acceptors (Lipinski definition) is 3. The Morgan fingerprint density at radius 2 is 1.80 bits per heavy atom. The Morgan fingerprint density at radius 1 is 1.05 bits per heavy atom. The number of aromatic nitrogens is 3. The van der Waals surface area contributed by atoms with Crippen molar-refractivity contribution >= 4 is 11.9 Å². The molecule has 0 amide bonds. The minimum Gasteiger partial charge on any atom is -0.296 e. The number of aryl methyl sites for hydroxylation is 3. The smallest absolute Gasteiger partial charge is 0.170 e. The molecule has 0 N–H and O–H groups in total. The summed E-state index contributed by atoms with van der Waals surface area (Å²) in [5.74, 6) is 0. The highest BCUT2D eigenvalue weighted by atomic mass is 16.1. The number of hydrogen-bond donors (Lipinski definition) is 0. The van der Waals surface area contributed by atoms with Crippen molar-refractivity contribution < 1.29 is 4.79 Å². The van der Waals surface area contributed by atoms with Crippen LogP contribution in [-0.4, -0.2) is 20.9 Å². The molecule has 20 heavy (non-hydrogen) atoms. The molecule has 2 heterocycles. The molecule has 0 aliphatic carbocycles. The van der Waals surface area contributed by atoms with Gasteiger partial charge in [0.05, 0.1) is 11.9 Å². The summed E-state index contributed by atoms with van der Waals surface area (Å²) in [4.78, 5) is 15.1. The summed E-state index contributed by atoms with van der Waals surface area (Å²) in [5.41, 5.74) is 6.74. The number of aldehydes is 1. The molecule has 0 bridgehead atoms. The molecule has 0 saturated heterocycles. The van der Waals surface area contributed by atoms with Gasteiger partial charge in [0, 0.05) is 5.56 Å². The standard InChI is InChI=1S/C16H15N3O/c1-10-6-12(3)14(7-11(10)2)15-4-5-16-17-8-13(9-20)19(16)18-15/h4-9H,1-3H3. The average molecular weight is 265 g/mol. The van der Waals surface area contributed by atoms with Crippen LogP contribution < -0.4 is 0 Å². The van der Waals surface area contributed by atoms with E-state index in [2.05, 4.69) is 43.0 Å². The fraction of sp³-hybridized carbons (Fsp3) is 0.188. The van der Waals surface area contributed by atoms with Gasteiger partial charge in [0.2, 0.25) is 0 Å². The third kappa shape index (κ3) is 1.90. The largest absolute Gasteiger partial charge is 0.296 e. The lowest BCUT2D eigenvalue weighted by atomic mass is 9.99. The van der Waals surface area contributed by atoms with E-state index in [1.54, 1.807) is 4.52 Å². The molecule has 4 nitrogen and oxygen atoms in total.